The van der Waals surface area contributed by atoms with Gasteiger partial charge in [0.15, 0.2) is 0 Å². The molecule has 1 aliphatic heterocycles. The Kier molecular flexibility index (Phi) is 6.12. The van der Waals surface area contributed by atoms with E-state index in [0.717, 1.165) is 31.5 Å². The Morgan fingerprint density at radius 2 is 1.65 bits per heavy atom. The van der Waals surface area contributed by atoms with Crippen LogP contribution in [0.5, 0.6) is 0 Å². The molecule has 0 radical (unpaired) electrons. The number of benzene rings is 2. The number of hydrogen-bond acceptors (Lipinski definition) is 3. The summed E-state index contributed by atoms with van der Waals surface area (Å²) >= 11 is 1.68. The summed E-state index contributed by atoms with van der Waals surface area (Å²) in [5.41, 5.74) is 2.31. The maximum Gasteiger partial charge on any atom is 0.253 e. The van der Waals surface area contributed by atoms with Crippen molar-refractivity contribution in [2.24, 2.45) is 0 Å². The third kappa shape index (κ3) is 4.76. The van der Waals surface area contributed by atoms with E-state index >= 15 is 0 Å². The number of hydrogen-bond donors (Lipinski definition) is 1. The van der Waals surface area contributed by atoms with Gasteiger partial charge in [-0.2, -0.15) is 0 Å². The minimum Gasteiger partial charge on any atom is -0.339 e. The Labute approximate surface area is 158 Å². The molecule has 0 aromatic heterocycles. The molecule has 26 heavy (non-hydrogen) atoms. The van der Waals surface area contributed by atoms with Crippen LogP contribution in [0.4, 0.5) is 5.69 Å². The lowest BCUT2D eigenvalue weighted by atomic mass is 10.2. The average molecular weight is 366 g/mol. The van der Waals surface area contributed by atoms with Gasteiger partial charge in [0.1, 0.15) is 0 Å². The summed E-state index contributed by atoms with van der Waals surface area (Å²) in [4.78, 5) is 27.4. The van der Waals surface area contributed by atoms with Crippen LogP contribution in [0.2, 0.25) is 0 Å². The summed E-state index contributed by atoms with van der Waals surface area (Å²) in [5.74, 6) is -0.133. The molecular formula is C21H22N2O2S. The molecule has 1 aliphatic rings. The van der Waals surface area contributed by atoms with Crippen LogP contribution in [0.3, 0.4) is 0 Å². The highest BCUT2D eigenvalue weighted by Crippen LogP contribution is 2.17. The van der Waals surface area contributed by atoms with E-state index in [4.69, 9.17) is 0 Å². The summed E-state index contributed by atoms with van der Waals surface area (Å²) in [7, 11) is 0. The first-order valence-electron chi connectivity index (χ1n) is 8.68. The second kappa shape index (κ2) is 8.72. The summed E-state index contributed by atoms with van der Waals surface area (Å²) in [5, 5.41) is 2.82. The molecular weight excluding hydrogens is 344 g/mol. The van der Waals surface area contributed by atoms with Crippen LogP contribution in [-0.2, 0) is 4.79 Å². The lowest BCUT2D eigenvalue weighted by molar-refractivity contribution is -0.111. The Balaban J connectivity index is 1.56. The fourth-order valence-corrected chi connectivity index (χ4v) is 3.28. The van der Waals surface area contributed by atoms with Gasteiger partial charge in [0.2, 0.25) is 5.91 Å². The van der Waals surface area contributed by atoms with E-state index in [2.05, 4.69) is 5.32 Å². The zero-order chi connectivity index (χ0) is 18.4. The molecule has 1 heterocycles. The average Bonchev–Trinajstić information content (AvgIpc) is 3.21. The van der Waals surface area contributed by atoms with Crippen molar-refractivity contribution in [2.75, 3.05) is 24.7 Å². The van der Waals surface area contributed by atoms with Crippen LogP contribution in [0.15, 0.2) is 59.5 Å². The normalized spacial score (nSPS) is 14.0. The molecule has 134 valence electrons. The Morgan fingerprint density at radius 3 is 2.27 bits per heavy atom. The van der Waals surface area contributed by atoms with Crippen LogP contribution >= 0.6 is 11.8 Å². The second-order valence-corrected chi connectivity index (χ2v) is 7.05. The lowest BCUT2D eigenvalue weighted by Crippen LogP contribution is -2.27. The van der Waals surface area contributed by atoms with Crippen LogP contribution in [0.1, 0.15) is 28.8 Å². The zero-order valence-corrected chi connectivity index (χ0v) is 15.6. The topological polar surface area (TPSA) is 49.4 Å². The SMILES string of the molecule is CSc1ccc(/C=C/C(=O)Nc2ccc(C(=O)N3CCCC3)cc2)cc1. The fraction of sp³-hybridized carbons (Fsp3) is 0.238. The van der Waals surface area contributed by atoms with Gasteiger partial charge in [-0.15, -0.1) is 11.8 Å². The number of nitrogens with one attached hydrogen (secondary N) is 1. The van der Waals surface area contributed by atoms with Gasteiger partial charge in [-0.05, 0) is 67.1 Å². The molecule has 4 nitrogen and oxygen atoms in total. The van der Waals surface area contributed by atoms with Crippen LogP contribution in [-0.4, -0.2) is 36.1 Å². The first-order valence-corrected chi connectivity index (χ1v) is 9.90. The van der Waals surface area contributed by atoms with E-state index in [9.17, 15) is 9.59 Å². The quantitative estimate of drug-likeness (QED) is 0.634. The number of thioether (sulfide) groups is 1. The van der Waals surface area contributed by atoms with E-state index in [-0.39, 0.29) is 11.8 Å². The standard InChI is InChI=1S/C21H22N2O2S/c1-26-19-11-4-16(5-12-19)6-13-20(24)22-18-9-7-17(8-10-18)21(25)23-14-2-3-15-23/h4-13H,2-3,14-15H2,1H3,(H,22,24)/b13-6+. The Morgan fingerprint density at radius 1 is 1.00 bits per heavy atom. The minimum absolute atomic E-state index is 0.0639. The number of rotatable bonds is 5. The molecule has 1 N–H and O–H groups in total. The van der Waals surface area contributed by atoms with E-state index in [1.54, 1.807) is 42.1 Å². The van der Waals surface area contributed by atoms with Crippen molar-refractivity contribution < 1.29 is 9.59 Å². The van der Waals surface area contributed by atoms with Crippen LogP contribution < -0.4 is 5.32 Å². The molecule has 0 spiro atoms. The predicted molar refractivity (Wildman–Crippen MR) is 107 cm³/mol. The lowest BCUT2D eigenvalue weighted by Gasteiger charge is -2.15. The maximum absolute atomic E-state index is 12.3. The maximum atomic E-state index is 12.3. The number of anilines is 1. The first kappa shape index (κ1) is 18.3. The number of nitrogens with zero attached hydrogens (tertiary/aromatic N) is 1. The van der Waals surface area contributed by atoms with Gasteiger partial charge < -0.3 is 10.2 Å². The highest BCUT2D eigenvalue weighted by Gasteiger charge is 2.19. The van der Waals surface area contributed by atoms with Crippen molar-refractivity contribution >= 4 is 35.3 Å². The highest BCUT2D eigenvalue weighted by atomic mass is 32.2. The van der Waals surface area contributed by atoms with Crippen molar-refractivity contribution in [2.45, 2.75) is 17.7 Å². The highest BCUT2D eigenvalue weighted by molar-refractivity contribution is 7.98. The van der Waals surface area contributed by atoms with Gasteiger partial charge in [-0.1, -0.05) is 12.1 Å². The molecule has 0 saturated carbocycles. The number of carbonyl (C=O) groups is 2. The van der Waals surface area contributed by atoms with Crippen molar-refractivity contribution in [3.8, 4) is 0 Å². The molecule has 0 atom stereocenters. The van der Waals surface area contributed by atoms with E-state index < -0.39 is 0 Å². The molecule has 2 aromatic rings. The molecule has 1 fully saturated rings. The molecule has 5 heteroatoms. The third-order valence-electron chi connectivity index (χ3n) is 4.34. The Hall–Kier alpha value is -2.53. The number of amides is 2. The first-order chi connectivity index (χ1) is 12.7. The van der Waals surface area contributed by atoms with Gasteiger partial charge >= 0.3 is 0 Å². The third-order valence-corrected chi connectivity index (χ3v) is 5.08. The summed E-state index contributed by atoms with van der Waals surface area (Å²) in [6.07, 6.45) is 7.48. The second-order valence-electron chi connectivity index (χ2n) is 6.17. The van der Waals surface area contributed by atoms with Crippen molar-refractivity contribution in [3.05, 3.63) is 65.7 Å². The van der Waals surface area contributed by atoms with E-state index in [0.29, 0.717) is 11.3 Å². The molecule has 3 rings (SSSR count). The monoisotopic (exact) mass is 366 g/mol. The van der Waals surface area contributed by atoms with Crippen LogP contribution in [0, 0.1) is 0 Å². The summed E-state index contributed by atoms with van der Waals surface area (Å²) in [6.45, 7) is 1.67. The predicted octanol–water partition coefficient (Wildman–Crippen LogP) is 4.30. The molecule has 2 aromatic carbocycles. The van der Waals surface area contributed by atoms with Gasteiger partial charge in [0, 0.05) is 35.3 Å². The van der Waals surface area contributed by atoms with Crippen molar-refractivity contribution in [1.82, 2.24) is 4.90 Å². The van der Waals surface area contributed by atoms with Gasteiger partial charge in [0.05, 0.1) is 0 Å². The minimum atomic E-state index is -0.197. The Bertz CT molecular complexity index is 792. The largest absolute Gasteiger partial charge is 0.339 e. The number of carbonyl (C=O) groups excluding carboxylic acids is 2. The smallest absolute Gasteiger partial charge is 0.253 e. The van der Waals surface area contributed by atoms with Gasteiger partial charge in [-0.3, -0.25) is 9.59 Å². The molecule has 2 amide bonds. The molecule has 0 unspecified atom stereocenters. The molecule has 1 saturated heterocycles. The van der Waals surface area contributed by atoms with Crippen LogP contribution in [0.25, 0.3) is 6.08 Å². The molecule has 0 bridgehead atoms. The van der Waals surface area contributed by atoms with Gasteiger partial charge in [0.25, 0.3) is 5.91 Å². The number of likely N-dealkylation sites (tertiary alicyclic amines) is 1. The van der Waals surface area contributed by atoms with E-state index in [1.165, 1.54) is 11.0 Å². The van der Waals surface area contributed by atoms with Crippen molar-refractivity contribution in [3.63, 3.8) is 0 Å². The zero-order valence-electron chi connectivity index (χ0n) is 14.8. The van der Waals surface area contributed by atoms with E-state index in [1.807, 2.05) is 35.4 Å². The summed E-state index contributed by atoms with van der Waals surface area (Å²) < 4.78 is 0. The summed E-state index contributed by atoms with van der Waals surface area (Å²) in [6, 6.07) is 15.1. The van der Waals surface area contributed by atoms with Gasteiger partial charge in [-0.25, -0.2) is 0 Å². The fourth-order valence-electron chi connectivity index (χ4n) is 2.87. The van der Waals surface area contributed by atoms with Crippen molar-refractivity contribution in [1.29, 1.82) is 0 Å². The molecule has 0 aliphatic carbocycles.